The molecule has 5 aliphatic rings. The van der Waals surface area contributed by atoms with Gasteiger partial charge in [-0.1, -0.05) is 36.8 Å². The summed E-state index contributed by atoms with van der Waals surface area (Å²) in [6, 6.07) is 0. The third-order valence-corrected chi connectivity index (χ3v) is 9.33. The summed E-state index contributed by atoms with van der Waals surface area (Å²) in [5, 5.41) is 19.9. The minimum Gasteiger partial charge on any atom is -0.462 e. The quantitative estimate of drug-likeness (QED) is 0.314. The van der Waals surface area contributed by atoms with Crippen molar-refractivity contribution in [2.24, 2.45) is 10.8 Å². The molecule has 2 bridgehead atoms. The lowest BCUT2D eigenvalue weighted by Gasteiger charge is -2.58. The molecule has 0 aromatic heterocycles. The van der Waals surface area contributed by atoms with Crippen LogP contribution in [0.5, 0.6) is 0 Å². The standard InChI is InChI=1S/C29H38O9/c1-18-8-10-28-16-35-26(33)13-20(15-30)9-11-34-21(19(2)31)6-4-5-7-25(32)38-22-14-24(37-23(28)12-18)29(17-36-29)27(22,28)3/h4-7,12-13,19,21-24,30-31H,8-11,14-17H2,1-3H3/b6-4-,7-5-,20-13+/t19-,21-,22-,23-,24-,27-,28-,29+/m1/s1. The molecule has 0 amide bonds. The summed E-state index contributed by atoms with van der Waals surface area (Å²) in [5.41, 5.74) is -0.225. The van der Waals surface area contributed by atoms with E-state index in [-0.39, 0.29) is 32.0 Å². The zero-order chi connectivity index (χ0) is 27.1. The van der Waals surface area contributed by atoms with Crippen molar-refractivity contribution in [1.29, 1.82) is 0 Å². The van der Waals surface area contributed by atoms with Crippen LogP contribution in [0.25, 0.3) is 0 Å². The van der Waals surface area contributed by atoms with Gasteiger partial charge in [-0.05, 0) is 38.7 Å². The predicted octanol–water partition coefficient (Wildman–Crippen LogP) is 2.32. The third kappa shape index (κ3) is 4.48. The van der Waals surface area contributed by atoms with E-state index in [0.717, 1.165) is 6.42 Å². The van der Waals surface area contributed by atoms with Gasteiger partial charge in [-0.2, -0.15) is 0 Å². The summed E-state index contributed by atoms with van der Waals surface area (Å²) < 4.78 is 30.4. The number of carbonyl (C=O) groups is 2. The molecule has 9 heteroatoms. The molecule has 3 heterocycles. The molecule has 0 radical (unpaired) electrons. The highest BCUT2D eigenvalue weighted by atomic mass is 16.6. The summed E-state index contributed by atoms with van der Waals surface area (Å²) in [7, 11) is 0. The fourth-order valence-corrected chi connectivity index (χ4v) is 6.91. The molecule has 2 N–H and O–H groups in total. The zero-order valence-electron chi connectivity index (χ0n) is 22.3. The molecule has 0 aromatic carbocycles. The smallest absolute Gasteiger partial charge is 0.331 e. The Balaban J connectivity index is 1.52. The first kappa shape index (κ1) is 27.3. The van der Waals surface area contributed by atoms with Crippen molar-refractivity contribution >= 4 is 11.9 Å². The van der Waals surface area contributed by atoms with E-state index in [9.17, 15) is 19.8 Å². The molecule has 2 spiro atoms. The van der Waals surface area contributed by atoms with Crippen LogP contribution in [0, 0.1) is 10.8 Å². The maximum absolute atomic E-state index is 13.0. The molecule has 3 aliphatic heterocycles. The molecule has 0 aromatic rings. The second kappa shape index (κ2) is 10.4. The Hall–Kier alpha value is -2.30. The first-order chi connectivity index (χ1) is 18.1. The minimum atomic E-state index is -0.798. The maximum atomic E-state index is 13.0. The van der Waals surface area contributed by atoms with Crippen LogP contribution in [0.2, 0.25) is 0 Å². The number of aliphatic hydroxyl groups excluding tert-OH is 2. The van der Waals surface area contributed by atoms with Crippen LogP contribution >= 0.6 is 0 Å². The molecule has 38 heavy (non-hydrogen) atoms. The van der Waals surface area contributed by atoms with Crippen molar-refractivity contribution < 1.29 is 43.5 Å². The Kier molecular flexibility index (Phi) is 7.43. The van der Waals surface area contributed by atoms with E-state index in [1.54, 1.807) is 25.2 Å². The molecular weight excluding hydrogens is 492 g/mol. The minimum absolute atomic E-state index is 0.0665. The lowest BCUT2D eigenvalue weighted by molar-refractivity contribution is -0.232. The fourth-order valence-electron chi connectivity index (χ4n) is 6.91. The van der Waals surface area contributed by atoms with Crippen molar-refractivity contribution in [2.45, 2.75) is 82.6 Å². The molecular formula is C29H38O9. The highest BCUT2D eigenvalue weighted by molar-refractivity contribution is 5.83. The molecule has 2 aliphatic carbocycles. The zero-order valence-corrected chi connectivity index (χ0v) is 22.3. The van der Waals surface area contributed by atoms with Crippen molar-refractivity contribution in [3.8, 4) is 0 Å². The summed E-state index contributed by atoms with van der Waals surface area (Å²) in [5.74, 6) is -1.05. The molecule has 0 unspecified atom stereocenters. The first-order valence-corrected chi connectivity index (χ1v) is 13.4. The number of esters is 2. The number of cyclic esters (lactones) is 1. The Morgan fingerprint density at radius 2 is 1.92 bits per heavy atom. The largest absolute Gasteiger partial charge is 0.462 e. The highest BCUT2D eigenvalue weighted by Crippen LogP contribution is 2.72. The van der Waals surface area contributed by atoms with Gasteiger partial charge in [-0.25, -0.2) is 9.59 Å². The Morgan fingerprint density at radius 3 is 2.63 bits per heavy atom. The van der Waals surface area contributed by atoms with Crippen LogP contribution in [0.4, 0.5) is 0 Å². The molecule has 1 saturated carbocycles. The molecule has 9 nitrogen and oxygen atoms in total. The normalized spacial score (nSPS) is 45.3. The predicted molar refractivity (Wildman–Crippen MR) is 136 cm³/mol. The van der Waals surface area contributed by atoms with Gasteiger partial charge in [0, 0.05) is 24.0 Å². The van der Waals surface area contributed by atoms with Gasteiger partial charge in [-0.15, -0.1) is 0 Å². The topological polar surface area (TPSA) is 124 Å². The molecule has 208 valence electrons. The molecule has 2 saturated heterocycles. The van der Waals surface area contributed by atoms with Gasteiger partial charge < -0.3 is 33.9 Å². The number of ether oxygens (including phenoxy) is 5. The van der Waals surface area contributed by atoms with Crippen molar-refractivity contribution in [3.63, 3.8) is 0 Å². The van der Waals surface area contributed by atoms with Gasteiger partial charge in [-0.3, -0.25) is 0 Å². The average molecular weight is 531 g/mol. The van der Waals surface area contributed by atoms with Crippen LogP contribution in [0.1, 0.15) is 46.5 Å². The number of allylic oxidation sites excluding steroid dienone is 3. The Labute approximate surface area is 223 Å². The average Bonchev–Trinajstić information content (AvgIpc) is 3.66. The van der Waals surface area contributed by atoms with Gasteiger partial charge in [0.15, 0.2) is 0 Å². The fraction of sp³-hybridized carbons (Fsp3) is 0.655. The van der Waals surface area contributed by atoms with E-state index >= 15 is 0 Å². The van der Waals surface area contributed by atoms with E-state index < -0.39 is 46.7 Å². The third-order valence-electron chi connectivity index (χ3n) is 9.33. The number of carbonyl (C=O) groups excluding carboxylic acids is 2. The van der Waals surface area contributed by atoms with Gasteiger partial charge in [0.1, 0.15) is 24.4 Å². The van der Waals surface area contributed by atoms with Crippen LogP contribution in [-0.4, -0.2) is 84.7 Å². The van der Waals surface area contributed by atoms with E-state index in [1.807, 2.05) is 0 Å². The van der Waals surface area contributed by atoms with E-state index in [4.69, 9.17) is 23.7 Å². The van der Waals surface area contributed by atoms with E-state index in [2.05, 4.69) is 19.9 Å². The number of rotatable bonds is 2. The lowest BCUT2D eigenvalue weighted by atomic mass is 9.51. The van der Waals surface area contributed by atoms with Crippen LogP contribution in [0.15, 0.2) is 47.6 Å². The van der Waals surface area contributed by atoms with Crippen molar-refractivity contribution in [1.82, 2.24) is 0 Å². The summed E-state index contributed by atoms with van der Waals surface area (Å²) >= 11 is 0. The number of hydrogen-bond acceptors (Lipinski definition) is 9. The Bertz CT molecular complexity index is 1070. The number of hydrogen-bond donors (Lipinski definition) is 2. The Morgan fingerprint density at radius 1 is 1.13 bits per heavy atom. The summed E-state index contributed by atoms with van der Waals surface area (Å²) in [4.78, 5) is 25.9. The molecule has 8 atom stereocenters. The summed E-state index contributed by atoms with van der Waals surface area (Å²) in [6.07, 6.45) is 9.45. The number of epoxide rings is 1. The molecule has 3 fully saturated rings. The second-order valence-electron chi connectivity index (χ2n) is 11.4. The van der Waals surface area contributed by atoms with Crippen LogP contribution < -0.4 is 0 Å². The SMILES string of the molecule is CC1=C[C@H]2O[C@@H]3C[C@H]4OC(=O)/C=C\C=C/[C@H]([C@@H](C)O)OCC/C(CO)=C\C(=O)OC[C@@]2(CC1)[C@]4(C)[C@]31CO1. The van der Waals surface area contributed by atoms with E-state index in [1.165, 1.54) is 17.7 Å². The van der Waals surface area contributed by atoms with Gasteiger partial charge >= 0.3 is 11.9 Å². The molecule has 5 rings (SSSR count). The van der Waals surface area contributed by atoms with E-state index in [0.29, 0.717) is 31.4 Å². The van der Waals surface area contributed by atoms with Gasteiger partial charge in [0.25, 0.3) is 0 Å². The van der Waals surface area contributed by atoms with Gasteiger partial charge in [0.05, 0.1) is 43.5 Å². The second-order valence-corrected chi connectivity index (χ2v) is 11.4. The van der Waals surface area contributed by atoms with Crippen LogP contribution in [0.3, 0.4) is 0 Å². The lowest BCUT2D eigenvalue weighted by Crippen LogP contribution is -2.66. The summed E-state index contributed by atoms with van der Waals surface area (Å²) in [6.45, 7) is 6.19. The van der Waals surface area contributed by atoms with Crippen LogP contribution in [-0.2, 0) is 33.3 Å². The van der Waals surface area contributed by atoms with Crippen molar-refractivity contribution in [3.05, 3.63) is 47.6 Å². The van der Waals surface area contributed by atoms with Crippen molar-refractivity contribution in [2.75, 3.05) is 26.4 Å². The number of aliphatic hydroxyl groups is 2. The van der Waals surface area contributed by atoms with Gasteiger partial charge in [0.2, 0.25) is 0 Å². The highest BCUT2D eigenvalue weighted by Gasteiger charge is 2.83. The maximum Gasteiger partial charge on any atom is 0.331 e. The monoisotopic (exact) mass is 530 g/mol. The first-order valence-electron chi connectivity index (χ1n) is 13.4.